The lowest BCUT2D eigenvalue weighted by atomic mass is 9.94. The second kappa shape index (κ2) is 14.3. The molecular formula is C35H36BrFN4O4S. The van der Waals surface area contributed by atoms with Crippen molar-refractivity contribution in [3.8, 4) is 11.5 Å². The number of aromatic nitrogens is 3. The van der Waals surface area contributed by atoms with Gasteiger partial charge >= 0.3 is 5.97 Å². The Balaban J connectivity index is 1.35. The van der Waals surface area contributed by atoms with Crippen LogP contribution in [0.1, 0.15) is 67.3 Å². The molecule has 0 radical (unpaired) electrons. The highest BCUT2D eigenvalue weighted by Gasteiger charge is 2.37. The molecule has 2 aliphatic rings. The number of benzene rings is 3. The predicted molar refractivity (Wildman–Crippen MR) is 180 cm³/mol. The predicted octanol–water partition coefficient (Wildman–Crippen LogP) is 8.53. The van der Waals surface area contributed by atoms with E-state index in [1.165, 1.54) is 17.8 Å². The summed E-state index contributed by atoms with van der Waals surface area (Å²) in [6.45, 7) is 4.25. The largest absolute Gasteiger partial charge is 0.493 e. The number of ether oxygens (including phenoxy) is 3. The Labute approximate surface area is 280 Å². The van der Waals surface area contributed by atoms with Crippen molar-refractivity contribution in [2.75, 3.05) is 12.4 Å². The maximum atomic E-state index is 14.3. The third-order valence-electron chi connectivity index (χ3n) is 8.23. The molecule has 8 nitrogen and oxygen atoms in total. The van der Waals surface area contributed by atoms with Crippen molar-refractivity contribution in [2.45, 2.75) is 75.6 Å². The van der Waals surface area contributed by atoms with Gasteiger partial charge in [0.05, 0.1) is 17.2 Å². The number of carbonyl (C=O) groups excluding carboxylic acids is 1. The Kier molecular flexibility index (Phi) is 9.98. The molecule has 11 heteroatoms. The van der Waals surface area contributed by atoms with E-state index in [2.05, 4.69) is 27.3 Å². The minimum atomic E-state index is -0.668. The molecule has 1 atom stereocenters. The summed E-state index contributed by atoms with van der Waals surface area (Å²) in [5.41, 5.74) is 4.56. The minimum absolute atomic E-state index is 0.120. The summed E-state index contributed by atoms with van der Waals surface area (Å²) in [5, 5.41) is 8.54. The summed E-state index contributed by atoms with van der Waals surface area (Å²) >= 11 is 5.03. The fraction of sp³-hybridized carbons (Fsp3) is 0.343. The van der Waals surface area contributed by atoms with Crippen molar-refractivity contribution >= 4 is 39.6 Å². The van der Waals surface area contributed by atoms with Crippen LogP contribution in [0.3, 0.4) is 0 Å². The molecule has 1 aliphatic heterocycles. The van der Waals surface area contributed by atoms with Crippen LogP contribution in [-0.2, 0) is 21.9 Å². The molecule has 1 N–H and O–H groups in total. The van der Waals surface area contributed by atoms with Crippen molar-refractivity contribution in [1.82, 2.24) is 14.8 Å². The van der Waals surface area contributed by atoms with E-state index in [9.17, 15) is 9.18 Å². The summed E-state index contributed by atoms with van der Waals surface area (Å²) < 4.78 is 34.9. The standard InChI is InChI=1S/C35H36BrFN4O4S/c1-21-10-9-11-23(16-21)19-44-32-27(36)17-25(18-29(32)43-3)31-30(33(42)45-26-13-5-4-6-14-26)22(2)38-34-39-35(40-41(31)34)46-20-24-12-7-8-15-28(24)37/h7-12,15-18,26,31H,4-6,13-14,19-20H2,1-3H3,(H,38,39,40). The van der Waals surface area contributed by atoms with Crippen LogP contribution in [0.15, 0.2) is 81.6 Å². The highest BCUT2D eigenvalue weighted by Crippen LogP contribution is 2.44. The highest BCUT2D eigenvalue weighted by atomic mass is 79.9. The SMILES string of the molecule is COc1cc(C2C(C(=O)OC3CCCCC3)=C(C)Nc3nc(SCc4ccccc4F)nn32)cc(Br)c1OCc1cccc(C)c1. The first-order valence-electron chi connectivity index (χ1n) is 15.4. The monoisotopic (exact) mass is 706 g/mol. The van der Waals surface area contributed by atoms with Gasteiger partial charge in [0.1, 0.15) is 24.6 Å². The van der Waals surface area contributed by atoms with Crippen molar-refractivity contribution in [1.29, 1.82) is 0 Å². The van der Waals surface area contributed by atoms with Gasteiger partial charge in [0.2, 0.25) is 11.1 Å². The van der Waals surface area contributed by atoms with Crippen LogP contribution < -0.4 is 14.8 Å². The van der Waals surface area contributed by atoms with Crippen LogP contribution in [0.2, 0.25) is 0 Å². The average Bonchev–Trinajstić information content (AvgIpc) is 3.45. The summed E-state index contributed by atoms with van der Waals surface area (Å²) in [4.78, 5) is 18.6. The number of halogens is 2. The summed E-state index contributed by atoms with van der Waals surface area (Å²) in [7, 11) is 1.59. The zero-order valence-electron chi connectivity index (χ0n) is 26.0. The Morgan fingerprint density at radius 1 is 1.09 bits per heavy atom. The van der Waals surface area contributed by atoms with E-state index >= 15 is 0 Å². The average molecular weight is 708 g/mol. The molecule has 0 amide bonds. The number of carbonyl (C=O) groups is 1. The van der Waals surface area contributed by atoms with Gasteiger partial charge in [-0.25, -0.2) is 13.9 Å². The van der Waals surface area contributed by atoms with Gasteiger partial charge in [0.15, 0.2) is 11.5 Å². The number of nitrogens with one attached hydrogen (secondary N) is 1. The Hall–Kier alpha value is -3.83. The number of methoxy groups -OCH3 is 1. The molecule has 0 bridgehead atoms. The van der Waals surface area contributed by atoms with Crippen LogP contribution in [0.25, 0.3) is 0 Å². The number of thioether (sulfide) groups is 1. The summed E-state index contributed by atoms with van der Waals surface area (Å²) in [5.74, 6) is 1.22. The molecular weight excluding hydrogens is 671 g/mol. The zero-order chi connectivity index (χ0) is 32.2. The molecule has 6 rings (SSSR count). The molecule has 1 fully saturated rings. The highest BCUT2D eigenvalue weighted by molar-refractivity contribution is 9.10. The number of rotatable bonds is 10. The van der Waals surface area contributed by atoms with E-state index in [4.69, 9.17) is 24.3 Å². The Morgan fingerprint density at radius 3 is 2.65 bits per heavy atom. The normalized spacial score (nSPS) is 16.5. The van der Waals surface area contributed by atoms with Crippen LogP contribution in [0.4, 0.5) is 10.3 Å². The third-order valence-corrected chi connectivity index (χ3v) is 9.70. The number of hydrogen-bond donors (Lipinski definition) is 1. The fourth-order valence-electron chi connectivity index (χ4n) is 5.92. The lowest BCUT2D eigenvalue weighted by Gasteiger charge is -2.30. The van der Waals surface area contributed by atoms with Gasteiger partial charge in [0, 0.05) is 11.4 Å². The number of anilines is 1. The van der Waals surface area contributed by atoms with Gasteiger partial charge in [-0.05, 0) is 90.4 Å². The molecule has 1 saturated carbocycles. The van der Waals surface area contributed by atoms with Crippen LogP contribution in [-0.4, -0.2) is 33.9 Å². The minimum Gasteiger partial charge on any atom is -0.493 e. The van der Waals surface area contributed by atoms with E-state index in [1.54, 1.807) is 30.0 Å². The van der Waals surface area contributed by atoms with Crippen molar-refractivity contribution in [3.63, 3.8) is 0 Å². The van der Waals surface area contributed by atoms with Crippen molar-refractivity contribution in [2.24, 2.45) is 0 Å². The molecule has 1 unspecified atom stereocenters. The molecule has 1 aromatic heterocycles. The molecule has 46 heavy (non-hydrogen) atoms. The molecule has 0 saturated heterocycles. The Morgan fingerprint density at radius 2 is 1.89 bits per heavy atom. The lowest BCUT2D eigenvalue weighted by Crippen LogP contribution is -2.32. The first kappa shape index (κ1) is 32.1. The number of esters is 1. The molecule has 2 heterocycles. The number of nitrogens with zero attached hydrogens (tertiary/aromatic N) is 3. The maximum Gasteiger partial charge on any atom is 0.338 e. The van der Waals surface area contributed by atoms with Crippen LogP contribution >= 0.6 is 27.7 Å². The first-order chi connectivity index (χ1) is 22.3. The van der Waals surface area contributed by atoms with E-state index in [1.807, 2.05) is 44.2 Å². The van der Waals surface area contributed by atoms with E-state index < -0.39 is 12.0 Å². The van der Waals surface area contributed by atoms with E-state index in [0.717, 1.165) is 48.8 Å². The summed E-state index contributed by atoms with van der Waals surface area (Å²) in [6, 6.07) is 17.9. The van der Waals surface area contributed by atoms with Crippen molar-refractivity contribution < 1.29 is 23.4 Å². The third kappa shape index (κ3) is 7.10. The first-order valence-corrected chi connectivity index (χ1v) is 17.2. The second-order valence-electron chi connectivity index (χ2n) is 11.6. The number of fused-ring (bicyclic) bond motifs is 1. The topological polar surface area (TPSA) is 87.5 Å². The van der Waals surface area contributed by atoms with Gasteiger partial charge in [0.25, 0.3) is 0 Å². The molecule has 4 aromatic rings. The van der Waals surface area contributed by atoms with Gasteiger partial charge in [-0.15, -0.1) is 5.10 Å². The Bertz CT molecular complexity index is 1770. The van der Waals surface area contributed by atoms with Crippen LogP contribution in [0.5, 0.6) is 11.5 Å². The smallest absolute Gasteiger partial charge is 0.338 e. The molecule has 0 spiro atoms. The van der Waals surface area contributed by atoms with Gasteiger partial charge < -0.3 is 19.5 Å². The molecule has 1 aliphatic carbocycles. The fourth-order valence-corrected chi connectivity index (χ4v) is 7.31. The quantitative estimate of drug-likeness (QED) is 0.130. The van der Waals surface area contributed by atoms with Gasteiger partial charge in [-0.1, -0.05) is 66.2 Å². The lowest BCUT2D eigenvalue weighted by molar-refractivity contribution is -0.146. The maximum absolute atomic E-state index is 14.3. The van der Waals surface area contributed by atoms with E-state index in [-0.39, 0.29) is 11.9 Å². The van der Waals surface area contributed by atoms with E-state index in [0.29, 0.717) is 56.3 Å². The number of allylic oxidation sites excluding steroid dienone is 1. The van der Waals surface area contributed by atoms with Gasteiger partial charge in [-0.3, -0.25) is 0 Å². The van der Waals surface area contributed by atoms with Crippen LogP contribution in [0, 0.1) is 12.7 Å². The zero-order valence-corrected chi connectivity index (χ0v) is 28.4. The number of aryl methyl sites for hydroxylation is 1. The number of hydrogen-bond acceptors (Lipinski definition) is 8. The van der Waals surface area contributed by atoms with Gasteiger partial charge in [-0.2, -0.15) is 4.98 Å². The van der Waals surface area contributed by atoms with Crippen molar-refractivity contribution in [3.05, 3.63) is 104 Å². The second-order valence-corrected chi connectivity index (χ2v) is 13.4. The molecule has 3 aromatic carbocycles. The molecule has 240 valence electrons. The summed E-state index contributed by atoms with van der Waals surface area (Å²) in [6.07, 6.45) is 4.83.